The Morgan fingerprint density at radius 3 is 2.27 bits per heavy atom. The largest absolute Gasteiger partial charge is 0.264 e. The molecule has 0 radical (unpaired) electrons. The van der Waals surface area contributed by atoms with E-state index >= 15 is 0 Å². The molecule has 2 heteroatoms. The van der Waals surface area contributed by atoms with Crippen LogP contribution in [0.2, 0.25) is 0 Å². The van der Waals surface area contributed by atoms with Gasteiger partial charge in [0.05, 0.1) is 0 Å². The Hall–Kier alpha value is -0.370. The van der Waals surface area contributed by atoms with Crippen LogP contribution >= 0.6 is 15.9 Å². The molecule has 4 rings (SSSR count). The molecule has 1 aromatic rings. The van der Waals surface area contributed by atoms with Crippen molar-refractivity contribution >= 4 is 15.9 Å². The van der Waals surface area contributed by atoms with E-state index in [-0.39, 0.29) is 0 Å². The number of halogens is 1. The number of alkyl halides is 1. The smallest absolute Gasteiger partial charge is 0.0305 e. The Morgan fingerprint density at radius 2 is 1.73 bits per heavy atom. The van der Waals surface area contributed by atoms with E-state index in [4.69, 9.17) is 0 Å². The number of nitrogens with zero attached hydrogens (tertiary/aromatic N) is 1. The molecule has 15 heavy (non-hydrogen) atoms. The monoisotopic (exact) mass is 265 g/mol. The van der Waals surface area contributed by atoms with Crippen molar-refractivity contribution in [2.45, 2.75) is 48.3 Å². The van der Waals surface area contributed by atoms with Gasteiger partial charge in [-0.1, -0.05) is 22.0 Å². The second-order valence-electron chi connectivity index (χ2n) is 5.17. The van der Waals surface area contributed by atoms with Gasteiger partial charge in [0.25, 0.3) is 0 Å². The lowest BCUT2D eigenvalue weighted by Gasteiger charge is -2.51. The molecule has 0 aromatic carbocycles. The summed E-state index contributed by atoms with van der Waals surface area (Å²) in [6.45, 7) is 0. The number of hydrogen-bond donors (Lipinski definition) is 0. The number of hydrogen-bond acceptors (Lipinski definition) is 1. The minimum absolute atomic E-state index is 0.462. The minimum Gasteiger partial charge on any atom is -0.264 e. The first-order chi connectivity index (χ1) is 7.23. The van der Waals surface area contributed by atoms with Crippen molar-refractivity contribution in [2.24, 2.45) is 0 Å². The van der Waals surface area contributed by atoms with Crippen LogP contribution in [0.1, 0.15) is 44.1 Å². The van der Waals surface area contributed by atoms with Gasteiger partial charge in [0.2, 0.25) is 0 Å². The summed E-state index contributed by atoms with van der Waals surface area (Å²) < 4.78 is 0.483. The fourth-order valence-corrected chi connectivity index (χ4v) is 3.84. The molecule has 3 fully saturated rings. The number of fused-ring (bicyclic) bond motifs is 3. The topological polar surface area (TPSA) is 12.9 Å². The summed E-state index contributed by atoms with van der Waals surface area (Å²) in [6.07, 6.45) is 12.0. The van der Waals surface area contributed by atoms with E-state index in [1.807, 2.05) is 6.20 Å². The predicted octanol–water partition coefficient (Wildman–Crippen LogP) is 3.82. The molecule has 1 nitrogen and oxygen atoms in total. The fourth-order valence-electron chi connectivity index (χ4n) is 3.25. The van der Waals surface area contributed by atoms with Crippen molar-refractivity contribution < 1.29 is 0 Å². The van der Waals surface area contributed by atoms with Gasteiger partial charge in [0.15, 0.2) is 0 Å². The van der Waals surface area contributed by atoms with E-state index in [1.165, 1.54) is 44.1 Å². The van der Waals surface area contributed by atoms with Crippen LogP contribution in [0, 0.1) is 0 Å². The minimum atomic E-state index is 0.462. The van der Waals surface area contributed by atoms with Crippen molar-refractivity contribution in [3.63, 3.8) is 0 Å². The summed E-state index contributed by atoms with van der Waals surface area (Å²) in [4.78, 5) is 4.28. The SMILES string of the molecule is BrC12CCC(c3cccnc3)(CC1)CC2. The van der Waals surface area contributed by atoms with Crippen LogP contribution in [0.25, 0.3) is 0 Å². The lowest BCUT2D eigenvalue weighted by Crippen LogP contribution is -2.44. The highest BCUT2D eigenvalue weighted by molar-refractivity contribution is 9.10. The number of pyridine rings is 1. The van der Waals surface area contributed by atoms with Gasteiger partial charge >= 0.3 is 0 Å². The maximum atomic E-state index is 4.28. The molecule has 3 saturated carbocycles. The van der Waals surface area contributed by atoms with E-state index in [9.17, 15) is 0 Å². The van der Waals surface area contributed by atoms with Crippen LogP contribution in [-0.2, 0) is 5.41 Å². The lowest BCUT2D eigenvalue weighted by atomic mass is 9.58. The van der Waals surface area contributed by atoms with Gasteiger partial charge in [-0.15, -0.1) is 0 Å². The van der Waals surface area contributed by atoms with E-state index < -0.39 is 0 Å². The van der Waals surface area contributed by atoms with Gasteiger partial charge in [-0.05, 0) is 55.6 Å². The molecule has 0 atom stereocenters. The first-order valence-electron chi connectivity index (χ1n) is 5.82. The Bertz CT molecular complexity index is 336. The summed E-state index contributed by atoms with van der Waals surface area (Å²) in [5.74, 6) is 0. The van der Waals surface area contributed by atoms with Gasteiger partial charge in [0.1, 0.15) is 0 Å². The molecule has 0 saturated heterocycles. The second-order valence-corrected chi connectivity index (χ2v) is 6.86. The predicted molar refractivity (Wildman–Crippen MR) is 65.3 cm³/mol. The van der Waals surface area contributed by atoms with Gasteiger partial charge in [-0.2, -0.15) is 0 Å². The first-order valence-corrected chi connectivity index (χ1v) is 6.61. The number of aromatic nitrogens is 1. The molecule has 3 aliphatic rings. The van der Waals surface area contributed by atoms with Gasteiger partial charge in [-0.3, -0.25) is 4.98 Å². The fraction of sp³-hybridized carbons (Fsp3) is 0.615. The van der Waals surface area contributed by atoms with E-state index in [1.54, 1.807) is 0 Å². The average molecular weight is 266 g/mol. The van der Waals surface area contributed by atoms with Crippen molar-refractivity contribution in [1.82, 2.24) is 4.98 Å². The van der Waals surface area contributed by atoms with Gasteiger partial charge in [0, 0.05) is 16.7 Å². The number of rotatable bonds is 1. The van der Waals surface area contributed by atoms with Crippen molar-refractivity contribution in [3.05, 3.63) is 30.1 Å². The summed E-state index contributed by atoms with van der Waals surface area (Å²) in [5, 5.41) is 0. The molecular weight excluding hydrogens is 250 g/mol. The maximum Gasteiger partial charge on any atom is 0.0305 e. The zero-order chi connectivity index (χ0) is 10.4. The Morgan fingerprint density at radius 1 is 1.07 bits per heavy atom. The van der Waals surface area contributed by atoms with Crippen LogP contribution in [-0.4, -0.2) is 9.31 Å². The third-order valence-corrected chi connectivity index (χ3v) is 5.62. The van der Waals surface area contributed by atoms with Crippen LogP contribution < -0.4 is 0 Å². The maximum absolute atomic E-state index is 4.28. The molecule has 0 spiro atoms. The molecule has 0 aliphatic heterocycles. The molecule has 80 valence electrons. The zero-order valence-corrected chi connectivity index (χ0v) is 10.5. The quantitative estimate of drug-likeness (QED) is 0.704. The molecular formula is C13H16BrN. The Kier molecular flexibility index (Phi) is 2.17. The molecule has 0 unspecified atom stereocenters. The molecule has 3 aliphatic carbocycles. The summed E-state index contributed by atoms with van der Waals surface area (Å²) >= 11 is 3.91. The summed E-state index contributed by atoms with van der Waals surface area (Å²) in [5.41, 5.74) is 1.93. The van der Waals surface area contributed by atoms with Crippen LogP contribution in [0.15, 0.2) is 24.5 Å². The zero-order valence-electron chi connectivity index (χ0n) is 8.88. The highest BCUT2D eigenvalue weighted by Gasteiger charge is 2.48. The Balaban J connectivity index is 1.94. The van der Waals surface area contributed by atoms with Crippen LogP contribution in [0.3, 0.4) is 0 Å². The van der Waals surface area contributed by atoms with Gasteiger partial charge in [-0.25, -0.2) is 0 Å². The van der Waals surface area contributed by atoms with Crippen LogP contribution in [0.5, 0.6) is 0 Å². The second kappa shape index (κ2) is 3.31. The van der Waals surface area contributed by atoms with Crippen molar-refractivity contribution in [2.75, 3.05) is 0 Å². The third-order valence-electron chi connectivity index (χ3n) is 4.43. The molecule has 0 amide bonds. The highest BCUT2D eigenvalue weighted by atomic mass is 79.9. The molecule has 2 bridgehead atoms. The van der Waals surface area contributed by atoms with E-state index in [0.717, 1.165) is 0 Å². The Labute approximate surface area is 99.4 Å². The van der Waals surface area contributed by atoms with Crippen LogP contribution in [0.4, 0.5) is 0 Å². The first kappa shape index (κ1) is 9.83. The summed E-state index contributed by atoms with van der Waals surface area (Å²) in [6, 6.07) is 4.34. The standard InChI is InChI=1S/C13H16BrN/c14-13-6-3-12(4-7-13,5-8-13)11-2-1-9-15-10-11/h1-2,9-10H,3-8H2. The molecule has 1 aromatic heterocycles. The molecule has 0 N–H and O–H groups in total. The van der Waals surface area contributed by atoms with Crippen molar-refractivity contribution in [3.8, 4) is 0 Å². The lowest BCUT2D eigenvalue weighted by molar-refractivity contribution is 0.162. The molecule has 1 heterocycles. The normalized spacial score (nSPS) is 39.3. The average Bonchev–Trinajstić information content (AvgIpc) is 2.32. The van der Waals surface area contributed by atoms with Gasteiger partial charge < -0.3 is 0 Å². The summed E-state index contributed by atoms with van der Waals surface area (Å²) in [7, 11) is 0. The van der Waals surface area contributed by atoms with Crippen molar-refractivity contribution in [1.29, 1.82) is 0 Å². The van der Waals surface area contributed by atoms with E-state index in [0.29, 0.717) is 9.74 Å². The van der Waals surface area contributed by atoms with E-state index in [2.05, 4.69) is 39.2 Å². The third kappa shape index (κ3) is 1.54. The highest BCUT2D eigenvalue weighted by Crippen LogP contribution is 2.56.